The smallest absolute Gasteiger partial charge is 0.201 e. The van der Waals surface area contributed by atoms with Gasteiger partial charge in [0.25, 0.3) is 0 Å². The second-order valence-electron chi connectivity index (χ2n) is 13.1. The minimum absolute atomic E-state index is 0.160. The molecule has 0 fully saturated rings. The van der Waals surface area contributed by atoms with Gasteiger partial charge in [-0.1, -0.05) is 146 Å². The molecule has 45 heavy (non-hydrogen) atoms. The molecular weight excluding hydrogens is 540 g/mol. The van der Waals surface area contributed by atoms with Crippen molar-refractivity contribution in [2.24, 2.45) is 7.05 Å². The van der Waals surface area contributed by atoms with Crippen LogP contribution in [0.3, 0.4) is 0 Å². The molecule has 2 heterocycles. The number of hydrogen-bond donors (Lipinski definition) is 0. The van der Waals surface area contributed by atoms with Crippen LogP contribution in [0.25, 0.3) is 22.4 Å². The topological polar surface area (TPSA) is 3.88 Å². The van der Waals surface area contributed by atoms with E-state index in [2.05, 4.69) is 169 Å². The molecule has 0 radical (unpaired) electrons. The highest BCUT2D eigenvalue weighted by Gasteiger charge is 2.40. The van der Waals surface area contributed by atoms with E-state index in [1.807, 2.05) is 0 Å². The predicted molar refractivity (Wildman–Crippen MR) is 196 cm³/mol. The molecule has 0 atom stereocenters. The van der Waals surface area contributed by atoms with Gasteiger partial charge in [0.15, 0.2) is 6.20 Å². The minimum Gasteiger partial charge on any atom is -0.201 e. The molecule has 0 spiro atoms. The number of pyridine rings is 1. The van der Waals surface area contributed by atoms with Crippen LogP contribution < -0.4 is 37.3 Å². The fraction of sp³-hybridized carbons (Fsp3) is 0.167. The highest BCUT2D eigenvalue weighted by atomic mass is 14.9. The third-order valence-corrected chi connectivity index (χ3v) is 10.2. The molecule has 5 aromatic carbocycles. The molecule has 1 aliphatic heterocycles. The van der Waals surface area contributed by atoms with Gasteiger partial charge in [-0.15, -0.1) is 0 Å². The average molecular weight is 580 g/mol. The van der Waals surface area contributed by atoms with Crippen LogP contribution in [0.5, 0.6) is 0 Å². The first-order valence-corrected chi connectivity index (χ1v) is 16.2. The summed E-state index contributed by atoms with van der Waals surface area (Å²) in [5.74, 6) is 0. The molecule has 218 valence electrons. The van der Waals surface area contributed by atoms with Crippen LogP contribution in [-0.4, -0.2) is 13.4 Å². The normalized spacial score (nSPS) is 12.2. The maximum atomic E-state index is 2.54. The standard InChI is InChI=1S/C42H40B2N/c1-27-14-8-9-19-34(27)40-25-33(22-23-45(40)7)35-26-39-38(24-32(35)6)43(41-28(2)15-12-16-29(41)3)36-20-10-11-21-37(36)44(39)42-30(4)17-13-18-31(42)5/h8-26H,1-7H3/q+1. The molecule has 1 aromatic heterocycles. The van der Waals surface area contributed by atoms with Gasteiger partial charge in [0.2, 0.25) is 19.1 Å². The summed E-state index contributed by atoms with van der Waals surface area (Å²) < 4.78 is 2.24. The molecule has 0 amide bonds. The van der Waals surface area contributed by atoms with Crippen LogP contribution in [0, 0.1) is 41.5 Å². The fourth-order valence-corrected chi connectivity index (χ4v) is 7.98. The SMILES string of the molecule is Cc1cc2c(cc1-c1cc[n+](C)c(-c3ccccc3C)c1)B(c1c(C)cccc1C)c1ccccc1B2c1c(C)cccc1C. The van der Waals surface area contributed by atoms with Gasteiger partial charge < -0.3 is 0 Å². The Morgan fingerprint density at radius 1 is 0.422 bits per heavy atom. The van der Waals surface area contributed by atoms with Crippen molar-refractivity contribution in [3.63, 3.8) is 0 Å². The summed E-state index contributed by atoms with van der Waals surface area (Å²) >= 11 is 0. The summed E-state index contributed by atoms with van der Waals surface area (Å²) in [4.78, 5) is 0. The lowest BCUT2D eigenvalue weighted by Gasteiger charge is -2.35. The number of benzene rings is 5. The summed E-state index contributed by atoms with van der Waals surface area (Å²) in [6, 6.07) is 41.1. The van der Waals surface area contributed by atoms with Crippen molar-refractivity contribution in [2.75, 3.05) is 0 Å². The molecule has 1 nitrogen and oxygen atoms in total. The Balaban J connectivity index is 1.54. The molecular formula is C42H40B2N+. The van der Waals surface area contributed by atoms with Crippen molar-refractivity contribution in [1.29, 1.82) is 0 Å². The van der Waals surface area contributed by atoms with Crippen molar-refractivity contribution in [3.05, 3.63) is 149 Å². The Kier molecular flexibility index (Phi) is 7.36. The third kappa shape index (κ3) is 4.86. The molecule has 0 aliphatic carbocycles. The van der Waals surface area contributed by atoms with E-state index in [1.165, 1.54) is 88.5 Å². The lowest BCUT2D eigenvalue weighted by atomic mass is 9.20. The molecule has 7 rings (SSSR count). The van der Waals surface area contributed by atoms with Crippen LogP contribution in [0.15, 0.2) is 115 Å². The second-order valence-corrected chi connectivity index (χ2v) is 13.1. The van der Waals surface area contributed by atoms with Gasteiger partial charge in [-0.05, 0) is 69.9 Å². The average Bonchev–Trinajstić information content (AvgIpc) is 3.02. The Morgan fingerprint density at radius 3 is 1.47 bits per heavy atom. The molecule has 0 N–H and O–H groups in total. The van der Waals surface area contributed by atoms with E-state index in [-0.39, 0.29) is 13.4 Å². The number of hydrogen-bond acceptors (Lipinski definition) is 0. The van der Waals surface area contributed by atoms with Gasteiger partial charge in [0, 0.05) is 17.7 Å². The maximum absolute atomic E-state index is 2.54. The van der Waals surface area contributed by atoms with E-state index in [1.54, 1.807) is 0 Å². The first-order valence-electron chi connectivity index (χ1n) is 16.2. The molecule has 3 heteroatoms. The summed E-state index contributed by atoms with van der Waals surface area (Å²) in [5.41, 5.74) is 21.6. The van der Waals surface area contributed by atoms with E-state index in [0.717, 1.165) is 0 Å². The highest BCUT2D eigenvalue weighted by Crippen LogP contribution is 2.28. The molecule has 1 aliphatic rings. The van der Waals surface area contributed by atoms with Gasteiger partial charge in [-0.25, -0.2) is 4.57 Å². The zero-order chi connectivity index (χ0) is 31.4. The van der Waals surface area contributed by atoms with E-state index in [0.29, 0.717) is 0 Å². The van der Waals surface area contributed by atoms with Crippen molar-refractivity contribution in [1.82, 2.24) is 0 Å². The molecule has 0 saturated carbocycles. The lowest BCUT2D eigenvalue weighted by molar-refractivity contribution is -0.660. The summed E-state index contributed by atoms with van der Waals surface area (Å²) in [5, 5.41) is 0. The first-order chi connectivity index (χ1) is 21.7. The van der Waals surface area contributed by atoms with E-state index in [9.17, 15) is 0 Å². The summed E-state index contributed by atoms with van der Waals surface area (Å²) in [7, 11) is 2.15. The monoisotopic (exact) mass is 580 g/mol. The zero-order valence-electron chi connectivity index (χ0n) is 27.6. The van der Waals surface area contributed by atoms with Gasteiger partial charge in [-0.2, -0.15) is 0 Å². The quantitative estimate of drug-likeness (QED) is 0.203. The largest absolute Gasteiger partial charge is 0.240 e. The molecule has 0 saturated heterocycles. The molecule has 6 aromatic rings. The Bertz CT molecular complexity index is 2070. The molecule has 0 bridgehead atoms. The van der Waals surface area contributed by atoms with Crippen molar-refractivity contribution >= 4 is 46.2 Å². The Labute approximate surface area is 269 Å². The number of aromatic nitrogens is 1. The highest BCUT2D eigenvalue weighted by molar-refractivity contribution is 7.11. The van der Waals surface area contributed by atoms with Gasteiger partial charge in [-0.3, -0.25) is 0 Å². The lowest BCUT2D eigenvalue weighted by Crippen LogP contribution is -2.76. The Hall–Kier alpha value is -4.62. The van der Waals surface area contributed by atoms with Gasteiger partial charge in [0.05, 0.1) is 0 Å². The maximum Gasteiger partial charge on any atom is 0.240 e. The van der Waals surface area contributed by atoms with E-state index < -0.39 is 0 Å². The van der Waals surface area contributed by atoms with Crippen LogP contribution in [-0.2, 0) is 7.05 Å². The first kappa shape index (κ1) is 29.1. The number of rotatable bonds is 4. The third-order valence-electron chi connectivity index (χ3n) is 10.2. The van der Waals surface area contributed by atoms with Crippen LogP contribution in [0.1, 0.15) is 33.4 Å². The van der Waals surface area contributed by atoms with Crippen LogP contribution >= 0.6 is 0 Å². The van der Waals surface area contributed by atoms with Crippen molar-refractivity contribution < 1.29 is 4.57 Å². The van der Waals surface area contributed by atoms with Crippen molar-refractivity contribution in [2.45, 2.75) is 41.5 Å². The number of aryl methyl sites for hydroxylation is 7. The van der Waals surface area contributed by atoms with E-state index in [4.69, 9.17) is 0 Å². The van der Waals surface area contributed by atoms with E-state index >= 15 is 0 Å². The Morgan fingerprint density at radius 2 is 0.911 bits per heavy atom. The number of fused-ring (bicyclic) bond motifs is 2. The van der Waals surface area contributed by atoms with Gasteiger partial charge >= 0.3 is 0 Å². The van der Waals surface area contributed by atoms with Crippen LogP contribution in [0.2, 0.25) is 0 Å². The van der Waals surface area contributed by atoms with Gasteiger partial charge in [0.1, 0.15) is 7.05 Å². The second kappa shape index (κ2) is 11.4. The molecule has 0 unspecified atom stereocenters. The number of nitrogens with zero attached hydrogens (tertiary/aromatic N) is 1. The predicted octanol–water partition coefficient (Wildman–Crippen LogP) is 5.04. The van der Waals surface area contributed by atoms with Crippen LogP contribution in [0.4, 0.5) is 0 Å². The zero-order valence-corrected chi connectivity index (χ0v) is 27.6. The summed E-state index contributed by atoms with van der Waals surface area (Å²) in [6.45, 7) is 14.0. The van der Waals surface area contributed by atoms with Crippen molar-refractivity contribution in [3.8, 4) is 22.4 Å². The summed E-state index contributed by atoms with van der Waals surface area (Å²) in [6.07, 6.45) is 2.22. The minimum atomic E-state index is 0.160. The fourth-order valence-electron chi connectivity index (χ4n) is 7.98.